The first-order valence-electron chi connectivity index (χ1n) is 10.3. The molecule has 0 aromatic rings. The molecule has 164 valence electrons. The molecule has 0 bridgehead atoms. The summed E-state index contributed by atoms with van der Waals surface area (Å²) >= 11 is -1.54. The fourth-order valence-corrected chi connectivity index (χ4v) is 9.79. The maximum atomic E-state index is 5.47. The van der Waals surface area contributed by atoms with Gasteiger partial charge >= 0.3 is 133 Å². The molecule has 27 heavy (non-hydrogen) atoms. The summed E-state index contributed by atoms with van der Waals surface area (Å²) in [6.07, 6.45) is 19.4. The number of unbranched alkanes of at least 4 members (excludes halogenated alkanes) is 8. The van der Waals surface area contributed by atoms with Gasteiger partial charge in [0.25, 0.3) is 0 Å². The van der Waals surface area contributed by atoms with Crippen LogP contribution in [-0.2, 0) is 29.3 Å². The van der Waals surface area contributed by atoms with Crippen LogP contribution >= 0.6 is 0 Å². The van der Waals surface area contributed by atoms with Gasteiger partial charge in [-0.15, -0.1) is 0 Å². The summed E-state index contributed by atoms with van der Waals surface area (Å²) in [7, 11) is 2.76. The normalized spacial score (nSPS) is 15.8. The molecule has 0 fully saturated rings. The molecule has 0 atom stereocenters. The van der Waals surface area contributed by atoms with Crippen LogP contribution in [0.4, 0.5) is 0 Å². The smallest absolute Gasteiger partial charge is 0.0272 e. The Bertz CT molecular complexity index is 456. The minimum atomic E-state index is -2.34. The molecule has 5 heteroatoms. The SMILES string of the molecule is CO[Si](CCCCCCCCCCCC1=[C]([Pt]([CH3])([CH3])[CH3])CC=C1)(OC)OC. The zero-order valence-electron chi connectivity index (χ0n) is 18.7. The van der Waals surface area contributed by atoms with Gasteiger partial charge in [0, 0.05) is 27.4 Å². The second kappa shape index (κ2) is 13.5. The topological polar surface area (TPSA) is 27.7 Å². The van der Waals surface area contributed by atoms with Crippen LogP contribution in [0.15, 0.2) is 21.7 Å². The van der Waals surface area contributed by atoms with E-state index in [4.69, 9.17) is 13.3 Å². The summed E-state index contributed by atoms with van der Waals surface area (Å²) in [5.74, 6) is 0. The first kappa shape index (κ1) is 25.3. The Hall–Kier alpha value is 0.265. The molecule has 1 rings (SSSR count). The molecule has 0 aliphatic heterocycles. The van der Waals surface area contributed by atoms with Crippen molar-refractivity contribution in [2.45, 2.75) is 92.6 Å². The Morgan fingerprint density at radius 2 is 1.26 bits per heavy atom. The van der Waals surface area contributed by atoms with Crippen LogP contribution in [0.3, 0.4) is 0 Å². The van der Waals surface area contributed by atoms with Crippen molar-refractivity contribution < 1.29 is 29.3 Å². The van der Waals surface area contributed by atoms with Gasteiger partial charge in [0.1, 0.15) is 0 Å². The van der Waals surface area contributed by atoms with Crippen LogP contribution in [0.25, 0.3) is 0 Å². The van der Waals surface area contributed by atoms with Gasteiger partial charge in [-0.1, -0.05) is 0 Å². The van der Waals surface area contributed by atoms with Crippen LogP contribution in [0.1, 0.15) is 70.6 Å². The Balaban J connectivity index is 2.00. The quantitative estimate of drug-likeness (QED) is 0.142. The summed E-state index contributed by atoms with van der Waals surface area (Å²) in [5.41, 5.74) is 1.70. The fourth-order valence-electron chi connectivity index (χ4n) is 3.67. The summed E-state index contributed by atoms with van der Waals surface area (Å²) in [5, 5.41) is 7.58. The van der Waals surface area contributed by atoms with Crippen molar-refractivity contribution in [3.05, 3.63) is 21.7 Å². The van der Waals surface area contributed by atoms with Gasteiger partial charge in [-0.05, 0) is 0 Å². The van der Waals surface area contributed by atoms with Crippen LogP contribution in [-0.4, -0.2) is 30.1 Å². The number of allylic oxidation sites excluding steroid dienone is 4. The van der Waals surface area contributed by atoms with E-state index >= 15 is 0 Å². The van der Waals surface area contributed by atoms with Gasteiger partial charge < -0.3 is 13.3 Å². The van der Waals surface area contributed by atoms with E-state index in [9.17, 15) is 0 Å². The third-order valence-corrected chi connectivity index (χ3v) is 13.5. The molecule has 0 saturated carbocycles. The third kappa shape index (κ3) is 9.54. The van der Waals surface area contributed by atoms with E-state index in [1.165, 1.54) is 64.2 Å². The van der Waals surface area contributed by atoms with Gasteiger partial charge in [-0.3, -0.25) is 0 Å². The molecule has 1 aliphatic carbocycles. The molecule has 0 saturated heterocycles. The Morgan fingerprint density at radius 3 is 1.74 bits per heavy atom. The van der Waals surface area contributed by atoms with Crippen molar-refractivity contribution >= 4 is 8.80 Å². The van der Waals surface area contributed by atoms with Crippen LogP contribution in [0.2, 0.25) is 22.0 Å². The van der Waals surface area contributed by atoms with E-state index in [1.807, 2.05) is 3.96 Å². The van der Waals surface area contributed by atoms with Gasteiger partial charge in [-0.25, -0.2) is 0 Å². The molecule has 0 amide bonds. The van der Waals surface area contributed by atoms with Crippen molar-refractivity contribution in [2.24, 2.45) is 0 Å². The van der Waals surface area contributed by atoms with Crippen LogP contribution < -0.4 is 0 Å². The van der Waals surface area contributed by atoms with Gasteiger partial charge in [-0.2, -0.15) is 0 Å². The van der Waals surface area contributed by atoms with Crippen LogP contribution in [0.5, 0.6) is 0 Å². The molecule has 0 heterocycles. The van der Waals surface area contributed by atoms with Gasteiger partial charge in [0.15, 0.2) is 0 Å². The first-order chi connectivity index (χ1) is 12.9. The molecule has 0 aromatic heterocycles. The maximum Gasteiger partial charge on any atom is 0.0272 e. The predicted molar refractivity (Wildman–Crippen MR) is 116 cm³/mol. The molecular formula is C22H44O3PtSi. The second-order valence-corrected chi connectivity index (χ2v) is 22.6. The monoisotopic (exact) mass is 579 g/mol. The fraction of sp³-hybridized carbons (Fsp3) is 0.818. The number of rotatable bonds is 16. The summed E-state index contributed by atoms with van der Waals surface area (Å²) in [6, 6.07) is 0.932. The van der Waals surface area contributed by atoms with Crippen molar-refractivity contribution in [1.29, 1.82) is 0 Å². The van der Waals surface area contributed by atoms with Gasteiger partial charge in [0.05, 0.1) is 0 Å². The molecule has 0 unspecified atom stereocenters. The molecule has 1 aliphatic rings. The van der Waals surface area contributed by atoms with Crippen molar-refractivity contribution in [2.75, 3.05) is 21.3 Å². The molecule has 0 N–H and O–H groups in total. The largest absolute Gasteiger partial charge is 0.377 e. The molecular weight excluding hydrogens is 535 g/mol. The Kier molecular flexibility index (Phi) is 12.6. The summed E-state index contributed by atoms with van der Waals surface area (Å²) in [6.45, 7) is 0. The zero-order valence-corrected chi connectivity index (χ0v) is 22.0. The number of hydrogen-bond acceptors (Lipinski definition) is 3. The molecule has 0 radical (unpaired) electrons. The Morgan fingerprint density at radius 1 is 0.778 bits per heavy atom. The number of hydrogen-bond donors (Lipinski definition) is 0. The minimum absolute atomic E-state index is 0.932. The third-order valence-electron chi connectivity index (χ3n) is 5.37. The van der Waals surface area contributed by atoms with E-state index < -0.39 is 24.9 Å². The van der Waals surface area contributed by atoms with E-state index in [0.717, 1.165) is 12.5 Å². The zero-order chi connectivity index (χ0) is 20.2. The molecule has 3 nitrogen and oxygen atoms in total. The summed E-state index contributed by atoms with van der Waals surface area (Å²) in [4.78, 5) is 0. The van der Waals surface area contributed by atoms with Crippen molar-refractivity contribution in [1.82, 2.24) is 0 Å². The van der Waals surface area contributed by atoms with E-state index in [0.29, 0.717) is 0 Å². The van der Waals surface area contributed by atoms with E-state index in [1.54, 1.807) is 26.9 Å². The standard InChI is InChI=1S/C19H35O3Si.3CH3.Pt/c1-20-23(21-2,22-3)18-14-10-8-6-4-5-7-9-11-15-19-16-12-13-17-19;;;;/h12,16H,4-11,13-15,18H2,1-3H3;3*1H3;. The van der Waals surface area contributed by atoms with Crippen molar-refractivity contribution in [3.8, 4) is 0 Å². The minimum Gasteiger partial charge on any atom is -0.377 e. The average Bonchev–Trinajstić information content (AvgIpc) is 3.12. The van der Waals surface area contributed by atoms with E-state index in [2.05, 4.69) is 28.1 Å². The van der Waals surface area contributed by atoms with E-state index in [-0.39, 0.29) is 0 Å². The van der Waals surface area contributed by atoms with Crippen LogP contribution in [0, 0.1) is 0 Å². The first-order valence-corrected chi connectivity index (χ1v) is 20.2. The average molecular weight is 580 g/mol. The maximum absolute atomic E-state index is 5.47. The summed E-state index contributed by atoms with van der Waals surface area (Å²) < 4.78 is 18.3. The Labute approximate surface area is 173 Å². The van der Waals surface area contributed by atoms with Gasteiger partial charge in [0.2, 0.25) is 0 Å². The second-order valence-electron chi connectivity index (χ2n) is 7.90. The molecule has 0 aromatic carbocycles. The predicted octanol–water partition coefficient (Wildman–Crippen LogP) is 7.28. The van der Waals surface area contributed by atoms with Crippen molar-refractivity contribution in [3.63, 3.8) is 0 Å². The molecule has 0 spiro atoms.